The molecule has 0 spiro atoms. The Morgan fingerprint density at radius 2 is 1.94 bits per heavy atom. The van der Waals surface area contributed by atoms with E-state index in [1.165, 1.54) is 6.07 Å². The molecule has 0 unspecified atom stereocenters. The van der Waals surface area contributed by atoms with Crippen LogP contribution >= 0.6 is 15.9 Å². The van der Waals surface area contributed by atoms with Gasteiger partial charge in [0.2, 0.25) is 0 Å². The zero-order valence-electron chi connectivity index (χ0n) is 9.14. The molecule has 94 valence electrons. The summed E-state index contributed by atoms with van der Waals surface area (Å²) in [7, 11) is 0. The highest BCUT2D eigenvalue weighted by Gasteiger charge is 2.36. The first-order chi connectivity index (χ1) is 7.71. The molecular weight excluding hydrogens is 301 g/mol. The smallest absolute Gasteiger partial charge is 0.417 e. The standard InChI is InChI=1S/C11H10BrF3O2/c1-6(2)17-10(16)8-4-3-7(12)5-9(8)11(13,14)15/h3-6H,1-2H3. The number of alkyl halides is 3. The molecular formula is C11H10BrF3O2. The number of esters is 1. The maximum Gasteiger partial charge on any atom is 0.417 e. The van der Waals surface area contributed by atoms with Crippen molar-refractivity contribution in [2.24, 2.45) is 0 Å². The average molecular weight is 311 g/mol. The molecule has 2 nitrogen and oxygen atoms in total. The maximum atomic E-state index is 12.7. The van der Waals surface area contributed by atoms with Crippen molar-refractivity contribution in [3.8, 4) is 0 Å². The van der Waals surface area contributed by atoms with Gasteiger partial charge in [-0.2, -0.15) is 13.2 Å². The number of halogens is 4. The Balaban J connectivity index is 3.20. The van der Waals surface area contributed by atoms with Gasteiger partial charge in [-0.25, -0.2) is 4.79 Å². The highest BCUT2D eigenvalue weighted by atomic mass is 79.9. The van der Waals surface area contributed by atoms with E-state index >= 15 is 0 Å². The molecule has 0 aromatic heterocycles. The van der Waals surface area contributed by atoms with E-state index < -0.39 is 29.4 Å². The van der Waals surface area contributed by atoms with Gasteiger partial charge in [-0.05, 0) is 32.0 Å². The SMILES string of the molecule is CC(C)OC(=O)c1ccc(Br)cc1C(F)(F)F. The molecule has 6 heteroatoms. The fourth-order valence-corrected chi connectivity index (χ4v) is 1.57. The van der Waals surface area contributed by atoms with Gasteiger partial charge in [0.25, 0.3) is 0 Å². The molecule has 0 radical (unpaired) electrons. The third-order valence-electron chi connectivity index (χ3n) is 1.85. The van der Waals surface area contributed by atoms with Crippen LogP contribution in [0.5, 0.6) is 0 Å². The Kier molecular flexibility index (Phi) is 4.19. The third kappa shape index (κ3) is 3.73. The van der Waals surface area contributed by atoms with Gasteiger partial charge in [0.05, 0.1) is 17.2 Å². The van der Waals surface area contributed by atoms with Crippen LogP contribution in [0.25, 0.3) is 0 Å². The summed E-state index contributed by atoms with van der Waals surface area (Å²) in [5.41, 5.74) is -1.48. The monoisotopic (exact) mass is 310 g/mol. The zero-order valence-corrected chi connectivity index (χ0v) is 10.7. The Labute approximate surface area is 105 Å². The predicted molar refractivity (Wildman–Crippen MR) is 59.7 cm³/mol. The minimum absolute atomic E-state index is 0.255. The van der Waals surface area contributed by atoms with E-state index in [1.807, 2.05) is 0 Å². The maximum absolute atomic E-state index is 12.7. The summed E-state index contributed by atoms with van der Waals surface area (Å²) >= 11 is 2.94. The molecule has 0 amide bonds. The summed E-state index contributed by atoms with van der Waals surface area (Å²) in [5, 5.41) is 0. The fourth-order valence-electron chi connectivity index (χ4n) is 1.21. The second-order valence-corrected chi connectivity index (χ2v) is 4.56. The lowest BCUT2D eigenvalue weighted by Gasteiger charge is -2.14. The number of ether oxygens (including phenoxy) is 1. The van der Waals surface area contributed by atoms with Crippen molar-refractivity contribution >= 4 is 21.9 Å². The number of carbonyl (C=O) groups is 1. The number of hydrogen-bond donors (Lipinski definition) is 0. The van der Waals surface area contributed by atoms with E-state index in [0.717, 1.165) is 12.1 Å². The van der Waals surface area contributed by atoms with Gasteiger partial charge >= 0.3 is 12.1 Å². The molecule has 0 N–H and O–H groups in total. The van der Waals surface area contributed by atoms with E-state index in [1.54, 1.807) is 13.8 Å². The van der Waals surface area contributed by atoms with E-state index in [-0.39, 0.29) is 4.47 Å². The molecule has 1 aromatic rings. The molecule has 0 bridgehead atoms. The lowest BCUT2D eigenvalue weighted by Crippen LogP contribution is -2.17. The predicted octanol–water partition coefficient (Wildman–Crippen LogP) is 4.03. The zero-order chi connectivity index (χ0) is 13.2. The van der Waals surface area contributed by atoms with Gasteiger partial charge in [-0.3, -0.25) is 0 Å². The minimum Gasteiger partial charge on any atom is -0.459 e. The molecule has 0 saturated carbocycles. The number of hydrogen-bond acceptors (Lipinski definition) is 2. The van der Waals surface area contributed by atoms with E-state index in [9.17, 15) is 18.0 Å². The Morgan fingerprint density at radius 1 is 1.35 bits per heavy atom. The number of rotatable bonds is 2. The quantitative estimate of drug-likeness (QED) is 0.771. The van der Waals surface area contributed by atoms with Gasteiger partial charge in [-0.1, -0.05) is 15.9 Å². The first-order valence-electron chi connectivity index (χ1n) is 4.79. The normalized spacial score (nSPS) is 11.7. The van der Waals surface area contributed by atoms with Crippen molar-refractivity contribution in [3.05, 3.63) is 33.8 Å². The van der Waals surface area contributed by atoms with Gasteiger partial charge in [0, 0.05) is 4.47 Å². The van der Waals surface area contributed by atoms with Gasteiger partial charge < -0.3 is 4.74 Å². The topological polar surface area (TPSA) is 26.3 Å². The fraction of sp³-hybridized carbons (Fsp3) is 0.364. The average Bonchev–Trinajstić information content (AvgIpc) is 2.14. The molecule has 0 fully saturated rings. The second-order valence-electron chi connectivity index (χ2n) is 3.64. The van der Waals surface area contributed by atoms with Crippen molar-refractivity contribution < 1.29 is 22.7 Å². The molecule has 0 heterocycles. The summed E-state index contributed by atoms with van der Waals surface area (Å²) < 4.78 is 43.1. The van der Waals surface area contributed by atoms with Crippen LogP contribution in [-0.4, -0.2) is 12.1 Å². The largest absolute Gasteiger partial charge is 0.459 e. The molecule has 0 aliphatic carbocycles. The molecule has 1 rings (SSSR count). The molecule has 1 aromatic carbocycles. The highest BCUT2D eigenvalue weighted by Crippen LogP contribution is 2.34. The summed E-state index contributed by atoms with van der Waals surface area (Å²) in [6, 6.07) is 3.32. The van der Waals surface area contributed by atoms with Crippen LogP contribution in [0.15, 0.2) is 22.7 Å². The van der Waals surface area contributed by atoms with Crippen molar-refractivity contribution in [1.82, 2.24) is 0 Å². The van der Waals surface area contributed by atoms with Crippen molar-refractivity contribution in [2.75, 3.05) is 0 Å². The lowest BCUT2D eigenvalue weighted by molar-refractivity contribution is -0.138. The van der Waals surface area contributed by atoms with Crippen LogP contribution in [0.4, 0.5) is 13.2 Å². The molecule has 0 aliphatic heterocycles. The van der Waals surface area contributed by atoms with Crippen LogP contribution < -0.4 is 0 Å². The summed E-state index contributed by atoms with van der Waals surface area (Å²) in [6.07, 6.45) is -5.05. The van der Waals surface area contributed by atoms with Crippen molar-refractivity contribution in [2.45, 2.75) is 26.1 Å². The molecule has 17 heavy (non-hydrogen) atoms. The van der Waals surface area contributed by atoms with Gasteiger partial charge in [-0.15, -0.1) is 0 Å². The van der Waals surface area contributed by atoms with Crippen LogP contribution in [0.3, 0.4) is 0 Å². The number of benzene rings is 1. The summed E-state index contributed by atoms with van der Waals surface area (Å²) in [4.78, 5) is 11.5. The van der Waals surface area contributed by atoms with Crippen LogP contribution in [0.1, 0.15) is 29.8 Å². The van der Waals surface area contributed by atoms with Crippen molar-refractivity contribution in [3.63, 3.8) is 0 Å². The Morgan fingerprint density at radius 3 is 2.41 bits per heavy atom. The van der Waals surface area contributed by atoms with Crippen LogP contribution in [0, 0.1) is 0 Å². The number of carbonyl (C=O) groups excluding carboxylic acids is 1. The highest BCUT2D eigenvalue weighted by molar-refractivity contribution is 9.10. The van der Waals surface area contributed by atoms with E-state index in [2.05, 4.69) is 15.9 Å². The lowest BCUT2D eigenvalue weighted by atomic mass is 10.1. The van der Waals surface area contributed by atoms with Gasteiger partial charge in [0.1, 0.15) is 0 Å². The summed E-state index contributed by atoms with van der Waals surface area (Å²) in [5.74, 6) is -0.972. The van der Waals surface area contributed by atoms with Crippen LogP contribution in [0.2, 0.25) is 0 Å². The molecule has 0 atom stereocenters. The first-order valence-corrected chi connectivity index (χ1v) is 5.59. The summed E-state index contributed by atoms with van der Waals surface area (Å²) in [6.45, 7) is 3.15. The molecule has 0 saturated heterocycles. The Bertz CT molecular complexity index is 427. The third-order valence-corrected chi connectivity index (χ3v) is 2.34. The Hall–Kier alpha value is -1.04. The van der Waals surface area contributed by atoms with E-state index in [4.69, 9.17) is 4.74 Å². The van der Waals surface area contributed by atoms with Gasteiger partial charge in [0.15, 0.2) is 0 Å². The van der Waals surface area contributed by atoms with Crippen molar-refractivity contribution in [1.29, 1.82) is 0 Å². The first kappa shape index (κ1) is 14.0. The molecule has 0 aliphatic rings. The van der Waals surface area contributed by atoms with E-state index in [0.29, 0.717) is 0 Å². The minimum atomic E-state index is -4.59. The van der Waals surface area contributed by atoms with Crippen LogP contribution in [-0.2, 0) is 10.9 Å². The second kappa shape index (κ2) is 5.08.